The molecule has 0 aliphatic carbocycles. The Balaban J connectivity index is 2.05. The molecule has 4 nitrogen and oxygen atoms in total. The molecule has 2 rings (SSSR count). The Kier molecular flexibility index (Phi) is 7.35. The van der Waals surface area contributed by atoms with Crippen LogP contribution in [0.25, 0.3) is 0 Å². The predicted octanol–water partition coefficient (Wildman–Crippen LogP) is 5.63. The van der Waals surface area contributed by atoms with Crippen LogP contribution in [-0.4, -0.2) is 24.8 Å². The Bertz CT molecular complexity index is 732. The van der Waals surface area contributed by atoms with Crippen LogP contribution in [0.1, 0.15) is 26.3 Å². The van der Waals surface area contributed by atoms with E-state index in [0.717, 1.165) is 15.7 Å². The van der Waals surface area contributed by atoms with Gasteiger partial charge in [0.2, 0.25) is 0 Å². The Morgan fingerprint density at radius 3 is 2.54 bits per heavy atom. The molecule has 0 saturated carbocycles. The van der Waals surface area contributed by atoms with Crippen LogP contribution in [0.4, 0.5) is 10.5 Å². The highest BCUT2D eigenvalue weighted by molar-refractivity contribution is 9.10. The topological polar surface area (TPSA) is 41.6 Å². The van der Waals surface area contributed by atoms with Crippen LogP contribution in [0.2, 0.25) is 5.02 Å². The average molecular weight is 440 g/mol. The number of carbonyl (C=O) groups excluding carboxylic acids is 1. The summed E-state index contributed by atoms with van der Waals surface area (Å²) in [5.41, 5.74) is 1.65. The number of alkyl carbamates (subject to hydrolysis) is 1. The first-order valence-electron chi connectivity index (χ1n) is 8.45. The molecule has 0 bridgehead atoms. The molecule has 0 aliphatic heterocycles. The van der Waals surface area contributed by atoms with Crippen molar-refractivity contribution in [2.24, 2.45) is 0 Å². The van der Waals surface area contributed by atoms with E-state index in [4.69, 9.17) is 16.3 Å². The molecule has 1 amide bonds. The zero-order chi connectivity index (χ0) is 19.2. The Morgan fingerprint density at radius 2 is 1.88 bits per heavy atom. The molecule has 140 valence electrons. The Labute approximate surface area is 168 Å². The molecule has 2 aromatic carbocycles. The summed E-state index contributed by atoms with van der Waals surface area (Å²) in [6, 6.07) is 15.8. The highest BCUT2D eigenvalue weighted by Gasteiger charge is 2.16. The zero-order valence-corrected chi connectivity index (χ0v) is 17.6. The van der Waals surface area contributed by atoms with Crippen LogP contribution < -0.4 is 10.2 Å². The van der Waals surface area contributed by atoms with Gasteiger partial charge in [0.15, 0.2) is 0 Å². The van der Waals surface area contributed by atoms with Crippen molar-refractivity contribution in [3.63, 3.8) is 0 Å². The quantitative estimate of drug-likeness (QED) is 0.634. The molecule has 26 heavy (non-hydrogen) atoms. The second kappa shape index (κ2) is 9.28. The van der Waals surface area contributed by atoms with Gasteiger partial charge in [0.1, 0.15) is 5.60 Å². The lowest BCUT2D eigenvalue weighted by Crippen LogP contribution is -2.38. The summed E-state index contributed by atoms with van der Waals surface area (Å²) >= 11 is 9.72. The van der Waals surface area contributed by atoms with E-state index in [1.165, 1.54) is 0 Å². The number of hydrogen-bond acceptors (Lipinski definition) is 3. The molecule has 0 unspecified atom stereocenters. The summed E-state index contributed by atoms with van der Waals surface area (Å²) in [6.07, 6.45) is -0.408. The number of anilines is 1. The minimum Gasteiger partial charge on any atom is -0.444 e. The van der Waals surface area contributed by atoms with Crippen LogP contribution in [0.5, 0.6) is 0 Å². The maximum Gasteiger partial charge on any atom is 0.407 e. The van der Waals surface area contributed by atoms with Gasteiger partial charge in [-0.25, -0.2) is 4.79 Å². The van der Waals surface area contributed by atoms with Gasteiger partial charge in [0.05, 0.1) is 0 Å². The van der Waals surface area contributed by atoms with Gasteiger partial charge in [0, 0.05) is 34.8 Å². The minimum absolute atomic E-state index is 0.408. The van der Waals surface area contributed by atoms with Crippen molar-refractivity contribution in [3.8, 4) is 0 Å². The lowest BCUT2D eigenvalue weighted by molar-refractivity contribution is 0.0529. The summed E-state index contributed by atoms with van der Waals surface area (Å²) in [5.74, 6) is 0. The first-order valence-corrected chi connectivity index (χ1v) is 9.62. The third-order valence-electron chi connectivity index (χ3n) is 3.54. The number of rotatable bonds is 6. The molecule has 0 aromatic heterocycles. The highest BCUT2D eigenvalue weighted by atomic mass is 79.9. The molecule has 0 heterocycles. The molecule has 2 aromatic rings. The number of para-hydroxylation sites is 1. The Hall–Kier alpha value is -1.72. The average Bonchev–Trinajstić information content (AvgIpc) is 2.56. The Morgan fingerprint density at radius 1 is 1.19 bits per heavy atom. The smallest absolute Gasteiger partial charge is 0.407 e. The van der Waals surface area contributed by atoms with Crippen LogP contribution in [0.15, 0.2) is 53.0 Å². The molecule has 0 radical (unpaired) electrons. The van der Waals surface area contributed by atoms with E-state index in [9.17, 15) is 4.79 Å². The highest BCUT2D eigenvalue weighted by Crippen LogP contribution is 2.25. The van der Waals surface area contributed by atoms with Gasteiger partial charge in [0.25, 0.3) is 0 Å². The van der Waals surface area contributed by atoms with Crippen molar-refractivity contribution in [2.75, 3.05) is 18.0 Å². The van der Waals surface area contributed by atoms with Crippen molar-refractivity contribution in [3.05, 3.63) is 63.6 Å². The molecule has 0 fully saturated rings. The largest absolute Gasteiger partial charge is 0.444 e. The van der Waals surface area contributed by atoms with E-state index in [1.807, 2.05) is 69.3 Å². The monoisotopic (exact) mass is 438 g/mol. The van der Waals surface area contributed by atoms with Crippen molar-refractivity contribution >= 4 is 39.3 Å². The molecular formula is C20H24BrClN2O2. The lowest BCUT2D eigenvalue weighted by atomic mass is 10.2. The van der Waals surface area contributed by atoms with E-state index < -0.39 is 11.7 Å². The number of nitrogens with one attached hydrogen (secondary N) is 1. The maximum atomic E-state index is 11.9. The van der Waals surface area contributed by atoms with E-state index in [-0.39, 0.29) is 0 Å². The summed E-state index contributed by atoms with van der Waals surface area (Å²) in [5, 5.41) is 3.51. The molecule has 0 saturated heterocycles. The van der Waals surface area contributed by atoms with E-state index in [1.54, 1.807) is 0 Å². The van der Waals surface area contributed by atoms with Crippen LogP contribution >= 0.6 is 27.5 Å². The summed E-state index contributed by atoms with van der Waals surface area (Å²) in [7, 11) is 0. The number of hydrogen-bond donors (Lipinski definition) is 1. The SMILES string of the molecule is CC(C)(C)OC(=O)NCCN(Cc1cc(Cl)ccc1Br)c1ccccc1. The molecular weight excluding hydrogens is 416 g/mol. The normalized spacial score (nSPS) is 11.1. The molecule has 1 N–H and O–H groups in total. The number of benzene rings is 2. The van der Waals surface area contributed by atoms with Gasteiger partial charge >= 0.3 is 6.09 Å². The van der Waals surface area contributed by atoms with Gasteiger partial charge < -0.3 is 15.0 Å². The van der Waals surface area contributed by atoms with Crippen LogP contribution in [0.3, 0.4) is 0 Å². The molecule has 6 heteroatoms. The van der Waals surface area contributed by atoms with Crippen molar-refractivity contribution in [1.29, 1.82) is 0 Å². The number of nitrogens with zero attached hydrogens (tertiary/aromatic N) is 1. The summed E-state index contributed by atoms with van der Waals surface area (Å²) < 4.78 is 6.29. The second-order valence-corrected chi connectivity index (χ2v) is 8.21. The van der Waals surface area contributed by atoms with Gasteiger partial charge in [-0.05, 0) is 56.7 Å². The van der Waals surface area contributed by atoms with Crippen molar-refractivity contribution in [1.82, 2.24) is 5.32 Å². The fourth-order valence-corrected chi connectivity index (χ4v) is 2.98. The molecule has 0 atom stereocenters. The van der Waals surface area contributed by atoms with Gasteiger partial charge in [-0.3, -0.25) is 0 Å². The predicted molar refractivity (Wildman–Crippen MR) is 111 cm³/mol. The fraction of sp³-hybridized carbons (Fsp3) is 0.350. The third kappa shape index (κ3) is 6.89. The first-order chi connectivity index (χ1) is 12.2. The fourth-order valence-electron chi connectivity index (χ4n) is 2.42. The van der Waals surface area contributed by atoms with Crippen LogP contribution in [0, 0.1) is 0 Å². The molecule has 0 spiro atoms. The number of carbonyl (C=O) groups is 1. The number of halogens is 2. The van der Waals surface area contributed by atoms with Crippen molar-refractivity contribution < 1.29 is 9.53 Å². The van der Waals surface area contributed by atoms with Gasteiger partial charge in [-0.15, -0.1) is 0 Å². The third-order valence-corrected chi connectivity index (χ3v) is 4.55. The minimum atomic E-state index is -0.505. The van der Waals surface area contributed by atoms with E-state index >= 15 is 0 Å². The zero-order valence-electron chi connectivity index (χ0n) is 15.3. The van der Waals surface area contributed by atoms with E-state index in [0.29, 0.717) is 24.7 Å². The first kappa shape index (κ1) is 20.6. The summed E-state index contributed by atoms with van der Waals surface area (Å²) in [4.78, 5) is 14.0. The van der Waals surface area contributed by atoms with Crippen LogP contribution in [-0.2, 0) is 11.3 Å². The second-order valence-electron chi connectivity index (χ2n) is 6.92. The van der Waals surface area contributed by atoms with Gasteiger partial charge in [-0.1, -0.05) is 45.7 Å². The standard InChI is InChI=1S/C20H24BrClN2O2/c1-20(2,3)26-19(25)23-11-12-24(17-7-5-4-6-8-17)14-15-13-16(22)9-10-18(15)21/h4-10,13H,11-12,14H2,1-3H3,(H,23,25). The molecule has 0 aliphatic rings. The number of amides is 1. The summed E-state index contributed by atoms with van der Waals surface area (Å²) in [6.45, 7) is 7.32. The number of ether oxygens (including phenoxy) is 1. The van der Waals surface area contributed by atoms with E-state index in [2.05, 4.69) is 26.1 Å². The van der Waals surface area contributed by atoms with Gasteiger partial charge in [-0.2, -0.15) is 0 Å². The lowest BCUT2D eigenvalue weighted by Gasteiger charge is -2.26. The van der Waals surface area contributed by atoms with Crippen molar-refractivity contribution in [2.45, 2.75) is 32.9 Å². The maximum absolute atomic E-state index is 11.9.